The molecule has 0 bridgehead atoms. The van der Waals surface area contributed by atoms with Crippen LogP contribution in [0.5, 0.6) is 11.5 Å². The molecule has 1 aliphatic carbocycles. The summed E-state index contributed by atoms with van der Waals surface area (Å²) in [5.41, 5.74) is 4.32. The summed E-state index contributed by atoms with van der Waals surface area (Å²) in [6.07, 6.45) is 1.18. The van der Waals surface area contributed by atoms with Gasteiger partial charge >= 0.3 is 0 Å². The minimum atomic E-state index is 0.622. The van der Waals surface area contributed by atoms with Crippen molar-refractivity contribution in [2.24, 2.45) is 0 Å². The lowest BCUT2D eigenvalue weighted by atomic mass is 9.99. The van der Waals surface area contributed by atoms with Gasteiger partial charge in [0.15, 0.2) is 11.5 Å². The van der Waals surface area contributed by atoms with Gasteiger partial charge < -0.3 is 14.4 Å². The van der Waals surface area contributed by atoms with Crippen LogP contribution in [0.4, 0.5) is 5.69 Å². The maximum Gasteiger partial charge on any atom is 0.163 e. The van der Waals surface area contributed by atoms with Gasteiger partial charge in [-0.3, -0.25) is 4.90 Å². The molecule has 0 spiro atoms. The number of hydrogen-bond donors (Lipinski definition) is 0. The second-order valence-electron chi connectivity index (χ2n) is 8.38. The molecule has 3 aliphatic rings. The molecule has 3 aromatic rings. The van der Waals surface area contributed by atoms with Gasteiger partial charge in [-0.1, -0.05) is 36.4 Å². The molecule has 29 heavy (non-hydrogen) atoms. The number of piperazine rings is 1. The number of nitrogens with zero attached hydrogens (tertiary/aromatic N) is 2. The van der Waals surface area contributed by atoms with Crippen LogP contribution in [0.15, 0.2) is 54.6 Å². The van der Waals surface area contributed by atoms with Crippen LogP contribution >= 0.6 is 0 Å². The number of ether oxygens (including phenoxy) is 2. The summed E-state index contributed by atoms with van der Waals surface area (Å²) in [4.78, 5) is 5.11. The molecule has 0 saturated carbocycles. The fourth-order valence-electron chi connectivity index (χ4n) is 5.23. The summed E-state index contributed by atoms with van der Waals surface area (Å²) in [6, 6.07) is 19.9. The molecule has 4 heteroatoms. The molecule has 0 radical (unpaired) electrons. The zero-order valence-corrected chi connectivity index (χ0v) is 16.6. The summed E-state index contributed by atoms with van der Waals surface area (Å²) in [7, 11) is 0. The number of anilines is 1. The predicted octanol–water partition coefficient (Wildman–Crippen LogP) is 4.07. The van der Waals surface area contributed by atoms with Crippen molar-refractivity contribution in [3.8, 4) is 11.5 Å². The van der Waals surface area contributed by atoms with Crippen LogP contribution in [0.2, 0.25) is 0 Å². The van der Waals surface area contributed by atoms with Gasteiger partial charge in [0.05, 0.1) is 0 Å². The van der Waals surface area contributed by atoms with Crippen LogP contribution in [0, 0.1) is 0 Å². The van der Waals surface area contributed by atoms with Crippen LogP contribution in [0.25, 0.3) is 10.8 Å². The molecule has 148 valence electrons. The zero-order valence-electron chi connectivity index (χ0n) is 16.6. The molecular formula is C25H26N2O2. The number of benzene rings is 3. The molecule has 0 amide bonds. The Kier molecular flexibility index (Phi) is 4.12. The van der Waals surface area contributed by atoms with Crippen molar-refractivity contribution in [2.75, 3.05) is 50.8 Å². The normalized spacial score (nSPS) is 21.0. The van der Waals surface area contributed by atoms with Crippen molar-refractivity contribution in [3.05, 3.63) is 65.7 Å². The Labute approximate surface area is 171 Å². The van der Waals surface area contributed by atoms with Crippen molar-refractivity contribution in [2.45, 2.75) is 12.3 Å². The van der Waals surface area contributed by atoms with Crippen molar-refractivity contribution < 1.29 is 9.47 Å². The first-order valence-electron chi connectivity index (χ1n) is 10.7. The first-order chi connectivity index (χ1) is 14.3. The van der Waals surface area contributed by atoms with E-state index in [1.54, 1.807) is 5.56 Å². The topological polar surface area (TPSA) is 24.9 Å². The van der Waals surface area contributed by atoms with E-state index in [9.17, 15) is 0 Å². The summed E-state index contributed by atoms with van der Waals surface area (Å²) in [5.74, 6) is 2.37. The highest BCUT2D eigenvalue weighted by atomic mass is 16.6. The molecule has 2 heterocycles. The first kappa shape index (κ1) is 17.2. The van der Waals surface area contributed by atoms with Crippen LogP contribution < -0.4 is 14.4 Å². The highest BCUT2D eigenvalue weighted by molar-refractivity contribution is 5.91. The molecule has 2 aliphatic heterocycles. The van der Waals surface area contributed by atoms with E-state index in [0.29, 0.717) is 19.1 Å². The van der Waals surface area contributed by atoms with E-state index in [1.165, 1.54) is 28.4 Å². The third-order valence-corrected chi connectivity index (χ3v) is 6.67. The largest absolute Gasteiger partial charge is 0.486 e. The van der Waals surface area contributed by atoms with Crippen LogP contribution in [0.3, 0.4) is 0 Å². The van der Waals surface area contributed by atoms with E-state index >= 15 is 0 Å². The van der Waals surface area contributed by atoms with Gasteiger partial charge in [0.1, 0.15) is 13.2 Å². The molecule has 1 saturated heterocycles. The molecule has 1 fully saturated rings. The van der Waals surface area contributed by atoms with Crippen LogP contribution in [-0.4, -0.2) is 50.8 Å². The second kappa shape index (κ2) is 6.96. The van der Waals surface area contributed by atoms with Crippen molar-refractivity contribution >= 4 is 16.5 Å². The lowest BCUT2D eigenvalue weighted by Crippen LogP contribution is -2.47. The van der Waals surface area contributed by atoms with E-state index in [1.807, 2.05) is 6.07 Å². The van der Waals surface area contributed by atoms with E-state index in [4.69, 9.17) is 9.47 Å². The van der Waals surface area contributed by atoms with E-state index in [-0.39, 0.29) is 0 Å². The molecule has 0 aromatic heterocycles. The van der Waals surface area contributed by atoms with Gasteiger partial charge in [-0.05, 0) is 40.5 Å². The van der Waals surface area contributed by atoms with Crippen LogP contribution in [-0.2, 0) is 6.42 Å². The highest BCUT2D eigenvalue weighted by Gasteiger charge is 2.27. The third-order valence-electron chi connectivity index (χ3n) is 6.67. The minimum absolute atomic E-state index is 0.622. The summed E-state index contributed by atoms with van der Waals surface area (Å²) < 4.78 is 11.4. The standard InChI is InChI=1S/C25H26N2O2/c1-3-18-4-2-6-22-20(15-19(5-1)25(18)22)17-26-9-11-27(12-10-26)21-7-8-23-24(16-21)29-14-13-28-23/h1-8,16,20H,9-15,17H2. The Morgan fingerprint density at radius 1 is 0.828 bits per heavy atom. The van der Waals surface area contributed by atoms with Gasteiger partial charge in [0.25, 0.3) is 0 Å². The van der Waals surface area contributed by atoms with Gasteiger partial charge in [0.2, 0.25) is 0 Å². The molecule has 1 unspecified atom stereocenters. The minimum Gasteiger partial charge on any atom is -0.486 e. The van der Waals surface area contributed by atoms with E-state index < -0.39 is 0 Å². The Hall–Kier alpha value is -2.72. The maximum absolute atomic E-state index is 5.76. The first-order valence-corrected chi connectivity index (χ1v) is 10.7. The fourth-order valence-corrected chi connectivity index (χ4v) is 5.23. The quantitative estimate of drug-likeness (QED) is 0.677. The smallest absolute Gasteiger partial charge is 0.163 e. The molecule has 4 nitrogen and oxygen atoms in total. The molecular weight excluding hydrogens is 360 g/mol. The molecule has 6 rings (SSSR count). The van der Waals surface area contributed by atoms with Crippen molar-refractivity contribution in [3.63, 3.8) is 0 Å². The van der Waals surface area contributed by atoms with Crippen molar-refractivity contribution in [1.82, 2.24) is 4.90 Å². The Morgan fingerprint density at radius 3 is 2.48 bits per heavy atom. The third kappa shape index (κ3) is 3.03. The van der Waals surface area contributed by atoms with E-state index in [0.717, 1.165) is 44.2 Å². The summed E-state index contributed by atoms with van der Waals surface area (Å²) in [6.45, 7) is 6.77. The Bertz CT molecular complexity index is 1050. The van der Waals surface area contributed by atoms with Gasteiger partial charge in [0, 0.05) is 50.4 Å². The number of fused-ring (bicyclic) bond motifs is 1. The summed E-state index contributed by atoms with van der Waals surface area (Å²) >= 11 is 0. The maximum atomic E-state index is 5.76. The average molecular weight is 386 g/mol. The molecule has 0 N–H and O–H groups in total. The predicted molar refractivity (Wildman–Crippen MR) is 116 cm³/mol. The Morgan fingerprint density at radius 2 is 1.62 bits per heavy atom. The molecule has 3 aromatic carbocycles. The van der Waals surface area contributed by atoms with Gasteiger partial charge in [-0.15, -0.1) is 0 Å². The zero-order chi connectivity index (χ0) is 19.2. The number of rotatable bonds is 3. The second-order valence-corrected chi connectivity index (χ2v) is 8.38. The van der Waals surface area contributed by atoms with Gasteiger partial charge in [-0.2, -0.15) is 0 Å². The van der Waals surface area contributed by atoms with Crippen LogP contribution in [0.1, 0.15) is 17.0 Å². The Balaban J connectivity index is 1.13. The average Bonchev–Trinajstić information content (AvgIpc) is 3.13. The highest BCUT2D eigenvalue weighted by Crippen LogP contribution is 2.39. The summed E-state index contributed by atoms with van der Waals surface area (Å²) in [5, 5.41) is 2.90. The van der Waals surface area contributed by atoms with Crippen molar-refractivity contribution in [1.29, 1.82) is 0 Å². The monoisotopic (exact) mass is 386 g/mol. The lowest BCUT2D eigenvalue weighted by Gasteiger charge is -2.37. The fraction of sp³-hybridized carbons (Fsp3) is 0.360. The lowest BCUT2D eigenvalue weighted by molar-refractivity contribution is 0.171. The van der Waals surface area contributed by atoms with Gasteiger partial charge in [-0.25, -0.2) is 0 Å². The molecule has 1 atom stereocenters. The van der Waals surface area contributed by atoms with E-state index in [2.05, 4.69) is 58.3 Å². The number of hydrogen-bond acceptors (Lipinski definition) is 4. The SMILES string of the molecule is c1cc2c3c(cccc3c1)C(CN1CCN(c3ccc4c(c3)OCCO4)CC1)C2.